The summed E-state index contributed by atoms with van der Waals surface area (Å²) in [5.41, 5.74) is 9.63. The van der Waals surface area contributed by atoms with Crippen molar-refractivity contribution >= 4 is 28.4 Å². The summed E-state index contributed by atoms with van der Waals surface area (Å²) in [6.45, 7) is 2.34. The van der Waals surface area contributed by atoms with Crippen molar-refractivity contribution in [1.82, 2.24) is 9.30 Å². The van der Waals surface area contributed by atoms with Crippen LogP contribution in [0, 0.1) is 6.92 Å². The second-order valence-electron chi connectivity index (χ2n) is 7.86. The van der Waals surface area contributed by atoms with E-state index >= 15 is 0 Å². The van der Waals surface area contributed by atoms with E-state index in [2.05, 4.69) is 0 Å². The van der Waals surface area contributed by atoms with Crippen molar-refractivity contribution in [2.75, 3.05) is 20.7 Å². The van der Waals surface area contributed by atoms with Crippen LogP contribution in [0.25, 0.3) is 16.4 Å². The second-order valence-corrected chi connectivity index (χ2v) is 7.86. The number of benzene rings is 2. The Morgan fingerprint density at radius 3 is 2.47 bits per heavy atom. The van der Waals surface area contributed by atoms with Crippen LogP contribution < -0.4 is 15.2 Å². The highest BCUT2D eigenvalue weighted by Gasteiger charge is 2.22. The molecule has 4 rings (SSSR count). The minimum atomic E-state index is -0.549. The standard InChI is InChI=1S/C25H25N3O4/c1-16-9-10-19-23(24(26)29)22-20(28(19)15-16)13-18(32-25(30)27(2)3)14-21(22)31-12-11-17-7-5-4-6-8-17/h4-10,13-15H,11-12H2,1-3H3,(H2,26,29). The smallest absolute Gasteiger partial charge is 0.414 e. The van der Waals surface area contributed by atoms with Crippen LogP contribution in [-0.2, 0) is 6.42 Å². The van der Waals surface area contributed by atoms with Crippen LogP contribution in [0.2, 0.25) is 0 Å². The molecule has 0 radical (unpaired) electrons. The number of aryl methyl sites for hydroxylation is 1. The summed E-state index contributed by atoms with van der Waals surface area (Å²) in [6.07, 6.45) is 2.09. The molecule has 2 N–H and O–H groups in total. The lowest BCUT2D eigenvalue weighted by Crippen LogP contribution is -2.25. The zero-order chi connectivity index (χ0) is 22.8. The minimum absolute atomic E-state index is 0.322. The van der Waals surface area contributed by atoms with Crippen molar-refractivity contribution < 1.29 is 19.1 Å². The first-order valence-corrected chi connectivity index (χ1v) is 10.3. The molecular formula is C25H25N3O4. The van der Waals surface area contributed by atoms with Gasteiger partial charge in [0, 0.05) is 38.8 Å². The van der Waals surface area contributed by atoms with Gasteiger partial charge in [-0.3, -0.25) is 4.79 Å². The van der Waals surface area contributed by atoms with Crippen molar-refractivity contribution in [3.63, 3.8) is 0 Å². The number of nitrogens with zero attached hydrogens (tertiary/aromatic N) is 2. The molecule has 0 saturated heterocycles. The molecule has 4 aromatic rings. The van der Waals surface area contributed by atoms with E-state index < -0.39 is 12.0 Å². The lowest BCUT2D eigenvalue weighted by molar-refractivity contribution is 0.100. The number of amides is 2. The number of carbonyl (C=O) groups is 2. The Balaban J connectivity index is 1.85. The van der Waals surface area contributed by atoms with Gasteiger partial charge < -0.3 is 24.5 Å². The van der Waals surface area contributed by atoms with Crippen molar-refractivity contribution in [2.24, 2.45) is 5.73 Å². The average Bonchev–Trinajstić information content (AvgIpc) is 3.08. The van der Waals surface area contributed by atoms with Crippen LogP contribution in [0.1, 0.15) is 21.5 Å². The monoisotopic (exact) mass is 431 g/mol. The van der Waals surface area contributed by atoms with Crippen LogP contribution in [0.5, 0.6) is 11.5 Å². The van der Waals surface area contributed by atoms with E-state index in [4.69, 9.17) is 15.2 Å². The zero-order valence-corrected chi connectivity index (χ0v) is 18.3. The summed E-state index contributed by atoms with van der Waals surface area (Å²) in [5, 5.41) is 0.598. The number of hydrogen-bond donors (Lipinski definition) is 1. The molecule has 164 valence electrons. The van der Waals surface area contributed by atoms with Gasteiger partial charge in [-0.2, -0.15) is 0 Å². The molecule has 0 fully saturated rings. The summed E-state index contributed by atoms with van der Waals surface area (Å²) in [7, 11) is 3.22. The summed E-state index contributed by atoms with van der Waals surface area (Å²) in [5.74, 6) is 0.213. The fourth-order valence-corrected chi connectivity index (χ4v) is 3.69. The van der Waals surface area contributed by atoms with Gasteiger partial charge in [0.1, 0.15) is 11.5 Å². The van der Waals surface area contributed by atoms with Gasteiger partial charge in [0.15, 0.2) is 0 Å². The van der Waals surface area contributed by atoms with Crippen LogP contribution in [-0.4, -0.2) is 42.0 Å². The van der Waals surface area contributed by atoms with Crippen LogP contribution in [0.15, 0.2) is 60.8 Å². The maximum absolute atomic E-state index is 12.4. The van der Waals surface area contributed by atoms with Gasteiger partial charge in [-0.25, -0.2) is 4.79 Å². The van der Waals surface area contributed by atoms with Crippen molar-refractivity contribution in [3.05, 3.63) is 77.5 Å². The van der Waals surface area contributed by atoms with E-state index in [1.807, 2.05) is 60.0 Å². The number of fused-ring (bicyclic) bond motifs is 3. The molecule has 2 heterocycles. The second kappa shape index (κ2) is 8.63. The Bertz CT molecular complexity index is 1310. The zero-order valence-electron chi connectivity index (χ0n) is 18.3. The molecule has 7 nitrogen and oxygen atoms in total. The average molecular weight is 431 g/mol. The van der Waals surface area contributed by atoms with Crippen molar-refractivity contribution in [1.29, 1.82) is 0 Å². The number of hydrogen-bond acceptors (Lipinski definition) is 4. The summed E-state index contributed by atoms with van der Waals surface area (Å²) < 4.78 is 13.5. The molecule has 0 aliphatic rings. The molecule has 2 aromatic heterocycles. The lowest BCUT2D eigenvalue weighted by atomic mass is 10.1. The number of pyridine rings is 1. The highest BCUT2D eigenvalue weighted by molar-refractivity contribution is 6.15. The topological polar surface area (TPSA) is 86.3 Å². The van der Waals surface area contributed by atoms with E-state index in [-0.39, 0.29) is 0 Å². The molecule has 7 heteroatoms. The fraction of sp³-hybridized carbons (Fsp3) is 0.200. The molecule has 0 aliphatic carbocycles. The highest BCUT2D eigenvalue weighted by Crippen LogP contribution is 2.38. The molecule has 0 aliphatic heterocycles. The molecule has 0 spiro atoms. The van der Waals surface area contributed by atoms with Gasteiger partial charge in [-0.1, -0.05) is 36.4 Å². The van der Waals surface area contributed by atoms with Crippen LogP contribution in [0.3, 0.4) is 0 Å². The number of aromatic nitrogens is 1. The van der Waals surface area contributed by atoms with E-state index in [1.54, 1.807) is 26.2 Å². The number of rotatable bonds is 6. The first-order valence-electron chi connectivity index (χ1n) is 10.3. The summed E-state index contributed by atoms with van der Waals surface area (Å²) in [4.78, 5) is 26.0. The Morgan fingerprint density at radius 2 is 1.78 bits per heavy atom. The fourth-order valence-electron chi connectivity index (χ4n) is 3.69. The largest absolute Gasteiger partial charge is 0.492 e. The first-order chi connectivity index (χ1) is 15.3. The summed E-state index contributed by atoms with van der Waals surface area (Å²) in [6, 6.07) is 17.1. The van der Waals surface area contributed by atoms with Crippen molar-refractivity contribution in [3.8, 4) is 11.5 Å². The number of ether oxygens (including phenoxy) is 2. The van der Waals surface area contributed by atoms with Gasteiger partial charge in [0.2, 0.25) is 0 Å². The van der Waals surface area contributed by atoms with E-state index in [1.165, 1.54) is 4.90 Å². The predicted molar refractivity (Wildman–Crippen MR) is 124 cm³/mol. The number of carbonyl (C=O) groups excluding carboxylic acids is 2. The van der Waals surface area contributed by atoms with E-state index in [0.29, 0.717) is 46.5 Å². The third-order valence-electron chi connectivity index (χ3n) is 5.22. The quantitative estimate of drug-likeness (QED) is 0.496. The summed E-state index contributed by atoms with van der Waals surface area (Å²) >= 11 is 0. The van der Waals surface area contributed by atoms with Crippen LogP contribution in [0.4, 0.5) is 4.79 Å². The Kier molecular flexibility index (Phi) is 5.73. The molecule has 2 amide bonds. The normalized spacial score (nSPS) is 11.0. The lowest BCUT2D eigenvalue weighted by Gasteiger charge is -2.14. The Hall–Kier alpha value is -4.00. The number of nitrogens with two attached hydrogens (primary N) is 1. The molecular weight excluding hydrogens is 406 g/mol. The molecule has 0 bridgehead atoms. The third-order valence-corrected chi connectivity index (χ3v) is 5.22. The Morgan fingerprint density at radius 1 is 1.03 bits per heavy atom. The maximum Gasteiger partial charge on any atom is 0.414 e. The Labute approximate surface area is 185 Å². The van der Waals surface area contributed by atoms with Gasteiger partial charge in [-0.15, -0.1) is 0 Å². The molecule has 0 atom stereocenters. The molecule has 0 unspecified atom stereocenters. The van der Waals surface area contributed by atoms with E-state index in [9.17, 15) is 9.59 Å². The molecule has 2 aromatic carbocycles. The van der Waals surface area contributed by atoms with E-state index in [0.717, 1.165) is 11.1 Å². The minimum Gasteiger partial charge on any atom is -0.492 e. The van der Waals surface area contributed by atoms with Gasteiger partial charge in [0.05, 0.1) is 28.6 Å². The van der Waals surface area contributed by atoms with Gasteiger partial charge >= 0.3 is 6.09 Å². The van der Waals surface area contributed by atoms with Crippen LogP contribution >= 0.6 is 0 Å². The van der Waals surface area contributed by atoms with Gasteiger partial charge in [-0.05, 0) is 24.1 Å². The highest BCUT2D eigenvalue weighted by atomic mass is 16.6. The van der Waals surface area contributed by atoms with Gasteiger partial charge in [0.25, 0.3) is 5.91 Å². The predicted octanol–water partition coefficient (Wildman–Crippen LogP) is 4.18. The molecule has 32 heavy (non-hydrogen) atoms. The molecule has 0 saturated carbocycles. The van der Waals surface area contributed by atoms with Crippen molar-refractivity contribution in [2.45, 2.75) is 13.3 Å². The third kappa shape index (κ3) is 4.09. The maximum atomic E-state index is 12.4. The number of primary amides is 1. The SMILES string of the molecule is Cc1ccc2c(C(N)=O)c3c(OCCc4ccccc4)cc(OC(=O)N(C)C)cc3n2c1. The first kappa shape index (κ1) is 21.2.